The Labute approximate surface area is 122 Å². The Kier molecular flexibility index (Phi) is 3.52. The fourth-order valence-corrected chi connectivity index (χ4v) is 2.33. The van der Waals surface area contributed by atoms with Crippen LogP contribution in [-0.4, -0.2) is 12.1 Å². The van der Waals surface area contributed by atoms with E-state index in [-0.39, 0.29) is 0 Å². The number of halogens is 1. The highest BCUT2D eigenvalue weighted by Gasteiger charge is 2.05. The lowest BCUT2D eigenvalue weighted by atomic mass is 10.2. The van der Waals surface area contributed by atoms with E-state index < -0.39 is 0 Å². The molecule has 3 aromatic rings. The van der Waals surface area contributed by atoms with Crippen molar-refractivity contribution in [1.82, 2.24) is 4.98 Å². The first kappa shape index (κ1) is 12.9. The minimum Gasteiger partial charge on any atom is -0.497 e. The van der Waals surface area contributed by atoms with Gasteiger partial charge in [0.1, 0.15) is 18.1 Å². The van der Waals surface area contributed by atoms with Gasteiger partial charge in [-0.15, -0.1) is 0 Å². The third-order valence-corrected chi connectivity index (χ3v) is 3.43. The molecule has 3 rings (SSSR count). The number of nitrogens with one attached hydrogen (secondary N) is 1. The van der Waals surface area contributed by atoms with Gasteiger partial charge in [-0.1, -0.05) is 23.7 Å². The average molecular weight is 288 g/mol. The summed E-state index contributed by atoms with van der Waals surface area (Å²) in [5.41, 5.74) is 2.00. The number of ether oxygens (including phenoxy) is 2. The minimum absolute atomic E-state index is 0.457. The first-order valence-electron chi connectivity index (χ1n) is 6.29. The fourth-order valence-electron chi connectivity index (χ4n) is 2.11. The maximum absolute atomic E-state index is 6.15. The zero-order valence-corrected chi connectivity index (χ0v) is 11.8. The Morgan fingerprint density at radius 2 is 1.85 bits per heavy atom. The van der Waals surface area contributed by atoms with Crippen LogP contribution >= 0.6 is 11.6 Å². The van der Waals surface area contributed by atoms with Gasteiger partial charge in [0, 0.05) is 22.0 Å². The molecule has 0 fully saturated rings. The summed E-state index contributed by atoms with van der Waals surface area (Å²) in [5.74, 6) is 1.55. The summed E-state index contributed by atoms with van der Waals surface area (Å²) < 4.78 is 10.9. The predicted octanol–water partition coefficient (Wildman–Crippen LogP) is 4.41. The molecule has 1 aromatic heterocycles. The van der Waals surface area contributed by atoms with E-state index in [1.165, 1.54) is 0 Å². The van der Waals surface area contributed by atoms with Crippen molar-refractivity contribution in [2.24, 2.45) is 0 Å². The number of benzene rings is 2. The highest BCUT2D eigenvalue weighted by Crippen LogP contribution is 2.25. The minimum atomic E-state index is 0.457. The van der Waals surface area contributed by atoms with Crippen molar-refractivity contribution in [2.45, 2.75) is 6.61 Å². The molecular formula is C16H14ClNO2. The molecule has 2 aromatic carbocycles. The molecule has 0 radical (unpaired) electrons. The average Bonchev–Trinajstić information content (AvgIpc) is 2.90. The smallest absolute Gasteiger partial charge is 0.128 e. The van der Waals surface area contributed by atoms with Crippen molar-refractivity contribution >= 4 is 22.5 Å². The van der Waals surface area contributed by atoms with E-state index in [9.17, 15) is 0 Å². The van der Waals surface area contributed by atoms with Gasteiger partial charge in [-0.2, -0.15) is 0 Å². The molecule has 0 aliphatic rings. The van der Waals surface area contributed by atoms with Crippen molar-refractivity contribution in [1.29, 1.82) is 0 Å². The quantitative estimate of drug-likeness (QED) is 0.771. The lowest BCUT2D eigenvalue weighted by Gasteiger charge is -2.06. The number of aromatic nitrogens is 1. The largest absolute Gasteiger partial charge is 0.497 e. The van der Waals surface area contributed by atoms with Gasteiger partial charge < -0.3 is 14.5 Å². The van der Waals surface area contributed by atoms with Crippen LogP contribution in [0.1, 0.15) is 5.69 Å². The maximum atomic E-state index is 6.15. The lowest BCUT2D eigenvalue weighted by Crippen LogP contribution is -1.95. The molecule has 1 heterocycles. The highest BCUT2D eigenvalue weighted by molar-refractivity contribution is 6.35. The third kappa shape index (κ3) is 2.58. The lowest BCUT2D eigenvalue weighted by molar-refractivity contribution is 0.300. The topological polar surface area (TPSA) is 34.2 Å². The summed E-state index contributed by atoms with van der Waals surface area (Å²) >= 11 is 6.15. The van der Waals surface area contributed by atoms with E-state index >= 15 is 0 Å². The molecule has 0 aliphatic heterocycles. The number of H-pyrrole nitrogens is 1. The number of hydrogen-bond acceptors (Lipinski definition) is 2. The van der Waals surface area contributed by atoms with Gasteiger partial charge in [0.15, 0.2) is 0 Å². The summed E-state index contributed by atoms with van der Waals surface area (Å²) in [6, 6.07) is 15.4. The van der Waals surface area contributed by atoms with Gasteiger partial charge in [-0.05, 0) is 30.3 Å². The number of hydrogen-bond donors (Lipinski definition) is 1. The van der Waals surface area contributed by atoms with E-state index in [1.807, 2.05) is 48.5 Å². The first-order valence-corrected chi connectivity index (χ1v) is 6.67. The molecular weight excluding hydrogens is 274 g/mol. The zero-order valence-electron chi connectivity index (χ0n) is 11.0. The van der Waals surface area contributed by atoms with Crippen molar-refractivity contribution in [3.8, 4) is 11.5 Å². The van der Waals surface area contributed by atoms with Crippen LogP contribution in [-0.2, 0) is 6.61 Å². The van der Waals surface area contributed by atoms with Crippen molar-refractivity contribution in [3.63, 3.8) is 0 Å². The molecule has 0 unspecified atom stereocenters. The number of rotatable bonds is 4. The molecule has 3 nitrogen and oxygen atoms in total. The Morgan fingerprint density at radius 3 is 2.65 bits per heavy atom. The summed E-state index contributed by atoms with van der Waals surface area (Å²) in [6.45, 7) is 0.457. The molecule has 0 aliphatic carbocycles. The van der Waals surface area contributed by atoms with Crippen molar-refractivity contribution in [2.75, 3.05) is 7.11 Å². The van der Waals surface area contributed by atoms with Gasteiger partial charge >= 0.3 is 0 Å². The zero-order chi connectivity index (χ0) is 13.9. The summed E-state index contributed by atoms with van der Waals surface area (Å²) in [7, 11) is 1.64. The van der Waals surface area contributed by atoms with Gasteiger partial charge in [0.2, 0.25) is 0 Å². The maximum Gasteiger partial charge on any atom is 0.128 e. The van der Waals surface area contributed by atoms with Crippen LogP contribution in [0.15, 0.2) is 48.5 Å². The Morgan fingerprint density at radius 1 is 1.05 bits per heavy atom. The van der Waals surface area contributed by atoms with E-state index in [4.69, 9.17) is 21.1 Å². The van der Waals surface area contributed by atoms with E-state index in [0.717, 1.165) is 33.1 Å². The standard InChI is InChI=1S/C16H14ClNO2/c1-19-12-4-2-5-13(9-12)20-10-11-8-14-15(17)6-3-7-16(14)18-11/h2-9,18H,10H2,1H3. The Hall–Kier alpha value is -2.13. The molecule has 0 saturated carbocycles. The van der Waals surface area contributed by atoms with Crippen LogP contribution in [0.5, 0.6) is 11.5 Å². The van der Waals surface area contributed by atoms with Crippen LogP contribution in [0.4, 0.5) is 0 Å². The van der Waals surface area contributed by atoms with Crippen LogP contribution < -0.4 is 9.47 Å². The molecule has 102 valence electrons. The summed E-state index contributed by atoms with van der Waals surface area (Å²) in [4.78, 5) is 3.29. The second-order valence-electron chi connectivity index (χ2n) is 4.46. The summed E-state index contributed by atoms with van der Waals surface area (Å²) in [6.07, 6.45) is 0. The number of aromatic amines is 1. The van der Waals surface area contributed by atoms with Crippen LogP contribution in [0.3, 0.4) is 0 Å². The number of fused-ring (bicyclic) bond motifs is 1. The monoisotopic (exact) mass is 287 g/mol. The van der Waals surface area contributed by atoms with Crippen molar-refractivity contribution in [3.05, 3.63) is 59.2 Å². The molecule has 0 saturated heterocycles. The normalized spacial score (nSPS) is 10.7. The highest BCUT2D eigenvalue weighted by atomic mass is 35.5. The molecule has 0 bridgehead atoms. The molecule has 20 heavy (non-hydrogen) atoms. The van der Waals surface area contributed by atoms with Gasteiger partial charge in [0.05, 0.1) is 12.8 Å². The van der Waals surface area contributed by atoms with Gasteiger partial charge in [-0.3, -0.25) is 0 Å². The first-order chi connectivity index (χ1) is 9.76. The fraction of sp³-hybridized carbons (Fsp3) is 0.125. The van der Waals surface area contributed by atoms with Gasteiger partial charge in [-0.25, -0.2) is 0 Å². The van der Waals surface area contributed by atoms with Gasteiger partial charge in [0.25, 0.3) is 0 Å². The second-order valence-corrected chi connectivity index (χ2v) is 4.87. The molecule has 0 atom stereocenters. The SMILES string of the molecule is COc1cccc(OCc2cc3c(Cl)cccc3[nH]2)c1. The van der Waals surface area contributed by atoms with E-state index in [1.54, 1.807) is 7.11 Å². The molecule has 1 N–H and O–H groups in total. The number of methoxy groups -OCH3 is 1. The van der Waals surface area contributed by atoms with Crippen LogP contribution in [0.2, 0.25) is 5.02 Å². The summed E-state index contributed by atoms with van der Waals surface area (Å²) in [5, 5.41) is 1.75. The molecule has 4 heteroatoms. The van der Waals surface area contributed by atoms with Crippen molar-refractivity contribution < 1.29 is 9.47 Å². The van der Waals surface area contributed by atoms with Crippen LogP contribution in [0, 0.1) is 0 Å². The second kappa shape index (κ2) is 5.47. The Balaban J connectivity index is 1.78. The Bertz CT molecular complexity index is 736. The van der Waals surface area contributed by atoms with E-state index in [2.05, 4.69) is 4.98 Å². The molecule has 0 amide bonds. The third-order valence-electron chi connectivity index (χ3n) is 3.10. The molecule has 0 spiro atoms. The predicted molar refractivity (Wildman–Crippen MR) is 80.6 cm³/mol. The van der Waals surface area contributed by atoms with Crippen LogP contribution in [0.25, 0.3) is 10.9 Å². The van der Waals surface area contributed by atoms with E-state index in [0.29, 0.717) is 6.61 Å².